The molecule has 11 heavy (non-hydrogen) atoms. The summed E-state index contributed by atoms with van der Waals surface area (Å²) in [5.41, 5.74) is 5.98. The first-order chi connectivity index (χ1) is 5.14. The third kappa shape index (κ3) is 0.894. The molecule has 1 atom stereocenters. The Balaban J connectivity index is 2.07. The molecule has 0 aromatic heterocycles. The minimum Gasteiger partial charge on any atom is -0.465 e. The van der Waals surface area contributed by atoms with Gasteiger partial charge in [0.05, 0.1) is 0 Å². The number of hydrogen-bond donors (Lipinski definition) is 2. The van der Waals surface area contributed by atoms with Crippen molar-refractivity contribution in [2.45, 2.75) is 18.9 Å². The van der Waals surface area contributed by atoms with Crippen molar-refractivity contribution in [3.05, 3.63) is 0 Å². The second kappa shape index (κ2) is 1.88. The highest BCUT2D eigenvalue weighted by Crippen LogP contribution is 2.51. The van der Waals surface area contributed by atoms with Crippen LogP contribution in [0.1, 0.15) is 12.8 Å². The van der Waals surface area contributed by atoms with E-state index in [0.717, 1.165) is 12.8 Å². The third-order valence-corrected chi connectivity index (χ3v) is 2.87. The first-order valence-corrected chi connectivity index (χ1v) is 3.87. The van der Waals surface area contributed by atoms with Crippen LogP contribution in [0.15, 0.2) is 0 Å². The lowest BCUT2D eigenvalue weighted by Gasteiger charge is -2.09. The van der Waals surface area contributed by atoms with Crippen molar-refractivity contribution in [3.8, 4) is 0 Å². The van der Waals surface area contributed by atoms with Crippen molar-refractivity contribution < 1.29 is 9.90 Å². The highest BCUT2D eigenvalue weighted by molar-refractivity contribution is 5.65. The van der Waals surface area contributed by atoms with Gasteiger partial charge in [-0.25, -0.2) is 4.79 Å². The van der Waals surface area contributed by atoms with Gasteiger partial charge in [-0.15, -0.1) is 0 Å². The van der Waals surface area contributed by atoms with Crippen molar-refractivity contribution in [1.82, 2.24) is 4.90 Å². The Hall–Kier alpha value is -0.770. The zero-order chi connectivity index (χ0) is 8.06. The van der Waals surface area contributed by atoms with Gasteiger partial charge in [0.2, 0.25) is 0 Å². The summed E-state index contributed by atoms with van der Waals surface area (Å²) in [7, 11) is 0. The van der Waals surface area contributed by atoms with Crippen LogP contribution in [0, 0.1) is 5.41 Å². The molecule has 4 nitrogen and oxygen atoms in total. The lowest BCUT2D eigenvalue weighted by atomic mass is 10.0. The number of nitrogens with zero attached hydrogens (tertiary/aromatic N) is 1. The Morgan fingerprint density at radius 1 is 1.64 bits per heavy atom. The fourth-order valence-electron chi connectivity index (χ4n) is 1.83. The Morgan fingerprint density at radius 3 is 2.55 bits per heavy atom. The Morgan fingerprint density at radius 2 is 2.27 bits per heavy atom. The van der Waals surface area contributed by atoms with Gasteiger partial charge >= 0.3 is 6.09 Å². The number of carboxylic acid groups (broad SMARTS) is 1. The average Bonchev–Trinajstić information content (AvgIpc) is 2.59. The van der Waals surface area contributed by atoms with Gasteiger partial charge < -0.3 is 15.7 Å². The van der Waals surface area contributed by atoms with Crippen molar-refractivity contribution in [1.29, 1.82) is 0 Å². The molecule has 3 N–H and O–H groups in total. The van der Waals surface area contributed by atoms with Crippen LogP contribution in [0.3, 0.4) is 0 Å². The Bertz CT molecular complexity index is 201. The van der Waals surface area contributed by atoms with E-state index >= 15 is 0 Å². The molecule has 0 bridgehead atoms. The summed E-state index contributed by atoms with van der Waals surface area (Å²) in [5.74, 6) is 0. The second-order valence-electron chi connectivity index (χ2n) is 3.63. The third-order valence-electron chi connectivity index (χ3n) is 2.87. The summed E-state index contributed by atoms with van der Waals surface area (Å²) in [6, 6.07) is 0.0820. The van der Waals surface area contributed by atoms with Crippen LogP contribution in [0.25, 0.3) is 0 Å². The maximum Gasteiger partial charge on any atom is 0.407 e. The lowest BCUT2D eigenvalue weighted by Crippen LogP contribution is -2.31. The van der Waals surface area contributed by atoms with E-state index in [1.54, 1.807) is 0 Å². The van der Waals surface area contributed by atoms with Crippen LogP contribution in [0.4, 0.5) is 4.79 Å². The molecule has 1 spiro atoms. The quantitative estimate of drug-likeness (QED) is 0.522. The topological polar surface area (TPSA) is 66.6 Å². The predicted octanol–water partition coefficient (Wildman–Crippen LogP) is 0.0875. The summed E-state index contributed by atoms with van der Waals surface area (Å²) < 4.78 is 0. The highest BCUT2D eigenvalue weighted by Gasteiger charge is 2.54. The molecule has 1 heterocycles. The molecule has 1 amide bonds. The van der Waals surface area contributed by atoms with E-state index < -0.39 is 6.09 Å². The monoisotopic (exact) mass is 156 g/mol. The predicted molar refractivity (Wildman–Crippen MR) is 39.2 cm³/mol. The van der Waals surface area contributed by atoms with E-state index in [1.165, 1.54) is 4.90 Å². The summed E-state index contributed by atoms with van der Waals surface area (Å²) >= 11 is 0. The van der Waals surface area contributed by atoms with Gasteiger partial charge in [0.1, 0.15) is 0 Å². The van der Waals surface area contributed by atoms with Crippen molar-refractivity contribution in [2.24, 2.45) is 11.1 Å². The minimum absolute atomic E-state index is 0.0820. The molecule has 1 saturated heterocycles. The summed E-state index contributed by atoms with van der Waals surface area (Å²) in [4.78, 5) is 12.0. The number of amides is 1. The standard InChI is InChI=1S/C7H12N2O2/c8-5-3-9(6(10)11)4-7(5)1-2-7/h5H,1-4,8H2,(H,10,11)/t5-/m0/s1. The number of nitrogens with two attached hydrogens (primary N) is 1. The summed E-state index contributed by atoms with van der Waals surface area (Å²) in [5, 5.41) is 8.66. The molecule has 62 valence electrons. The second-order valence-corrected chi connectivity index (χ2v) is 3.63. The number of rotatable bonds is 0. The van der Waals surface area contributed by atoms with Gasteiger partial charge in [-0.1, -0.05) is 0 Å². The van der Waals surface area contributed by atoms with E-state index in [2.05, 4.69) is 0 Å². The first-order valence-electron chi connectivity index (χ1n) is 3.87. The average molecular weight is 156 g/mol. The molecule has 1 aliphatic carbocycles. The number of carbonyl (C=O) groups is 1. The minimum atomic E-state index is -0.829. The van der Waals surface area contributed by atoms with Crippen LogP contribution < -0.4 is 5.73 Å². The first kappa shape index (κ1) is 6.91. The largest absolute Gasteiger partial charge is 0.465 e. The van der Waals surface area contributed by atoms with E-state index in [1.807, 2.05) is 0 Å². The van der Waals surface area contributed by atoms with Gasteiger partial charge in [0.15, 0.2) is 0 Å². The summed E-state index contributed by atoms with van der Waals surface area (Å²) in [6.07, 6.45) is 1.39. The van der Waals surface area contributed by atoms with Crippen molar-refractivity contribution in [2.75, 3.05) is 13.1 Å². The fourth-order valence-corrected chi connectivity index (χ4v) is 1.83. The maximum absolute atomic E-state index is 10.5. The molecule has 0 unspecified atom stereocenters. The molecule has 0 aromatic carbocycles. The van der Waals surface area contributed by atoms with Crippen LogP contribution in [-0.4, -0.2) is 35.2 Å². The molecule has 2 rings (SSSR count). The molecule has 1 aliphatic heterocycles. The summed E-state index contributed by atoms with van der Waals surface area (Å²) in [6.45, 7) is 1.18. The molecule has 2 fully saturated rings. The lowest BCUT2D eigenvalue weighted by molar-refractivity contribution is 0.153. The maximum atomic E-state index is 10.5. The van der Waals surface area contributed by atoms with Crippen LogP contribution in [0.2, 0.25) is 0 Å². The number of likely N-dealkylation sites (tertiary alicyclic amines) is 1. The zero-order valence-electron chi connectivity index (χ0n) is 6.29. The molecule has 4 heteroatoms. The van der Waals surface area contributed by atoms with Crippen LogP contribution in [-0.2, 0) is 0 Å². The molecular formula is C7H12N2O2. The van der Waals surface area contributed by atoms with Gasteiger partial charge in [0.25, 0.3) is 0 Å². The Labute approximate surface area is 65.0 Å². The number of hydrogen-bond acceptors (Lipinski definition) is 2. The zero-order valence-corrected chi connectivity index (χ0v) is 6.29. The van der Waals surface area contributed by atoms with E-state index in [9.17, 15) is 4.79 Å². The van der Waals surface area contributed by atoms with E-state index in [0.29, 0.717) is 13.1 Å². The smallest absolute Gasteiger partial charge is 0.407 e. The SMILES string of the molecule is N[C@H]1CN(C(=O)O)CC12CC2. The van der Waals surface area contributed by atoms with E-state index in [-0.39, 0.29) is 11.5 Å². The Kier molecular flexibility index (Phi) is 1.18. The molecule has 0 radical (unpaired) electrons. The van der Waals surface area contributed by atoms with Gasteiger partial charge in [-0.2, -0.15) is 0 Å². The van der Waals surface area contributed by atoms with E-state index in [4.69, 9.17) is 10.8 Å². The van der Waals surface area contributed by atoms with Crippen molar-refractivity contribution >= 4 is 6.09 Å². The fraction of sp³-hybridized carbons (Fsp3) is 0.857. The molecular weight excluding hydrogens is 144 g/mol. The molecule has 1 saturated carbocycles. The highest BCUT2D eigenvalue weighted by atomic mass is 16.4. The van der Waals surface area contributed by atoms with Crippen LogP contribution in [0.5, 0.6) is 0 Å². The van der Waals surface area contributed by atoms with Gasteiger partial charge in [0, 0.05) is 24.5 Å². The van der Waals surface area contributed by atoms with Crippen molar-refractivity contribution in [3.63, 3.8) is 0 Å². The van der Waals surface area contributed by atoms with Gasteiger partial charge in [-0.05, 0) is 12.8 Å². The van der Waals surface area contributed by atoms with Gasteiger partial charge in [-0.3, -0.25) is 0 Å². The normalized spacial score (nSPS) is 32.8. The molecule has 0 aromatic rings. The van der Waals surface area contributed by atoms with Crippen LogP contribution >= 0.6 is 0 Å². The molecule has 2 aliphatic rings.